The first kappa shape index (κ1) is 16.4. The van der Waals surface area contributed by atoms with E-state index in [1.807, 2.05) is 0 Å². The van der Waals surface area contributed by atoms with E-state index in [1.165, 1.54) is 22.2 Å². The molecular weight excluding hydrogens is 356 g/mol. The molecule has 0 amide bonds. The molecule has 4 aromatic rings. The molecule has 6 rings (SSSR count). The summed E-state index contributed by atoms with van der Waals surface area (Å²) in [6, 6.07) is 29.6. The van der Waals surface area contributed by atoms with Crippen LogP contribution in [0.3, 0.4) is 0 Å². The van der Waals surface area contributed by atoms with Crippen LogP contribution in [0.5, 0.6) is 0 Å². The maximum Gasteiger partial charge on any atom is 0.174 e. The van der Waals surface area contributed by atoms with Crippen LogP contribution in [-0.4, -0.2) is 22.3 Å². The molecule has 0 radical (unpaired) electrons. The second-order valence-electron chi connectivity index (χ2n) is 7.88. The standard InChI is InChI=1S/C25H22N4/c1-25-23-21(20-14-8-9-15-22(20)26-23)16-17-28(25)24(18-10-4-2-5-11-18)27-29(25)19-12-6-3-7-13-19/h2-15,26H,16-17H2,1H3. The molecule has 0 aliphatic carbocycles. The minimum atomic E-state index is -0.404. The summed E-state index contributed by atoms with van der Waals surface area (Å²) in [5.41, 5.74) is 5.68. The van der Waals surface area contributed by atoms with Crippen LogP contribution in [0.1, 0.15) is 23.7 Å². The number of nitrogens with zero attached hydrogens (tertiary/aromatic N) is 3. The monoisotopic (exact) mass is 378 g/mol. The molecule has 4 nitrogen and oxygen atoms in total. The van der Waals surface area contributed by atoms with Crippen molar-refractivity contribution in [2.45, 2.75) is 19.0 Å². The van der Waals surface area contributed by atoms with Gasteiger partial charge in [-0.25, -0.2) is 5.01 Å². The first-order chi connectivity index (χ1) is 14.3. The van der Waals surface area contributed by atoms with Crippen molar-refractivity contribution in [3.8, 4) is 0 Å². The maximum absolute atomic E-state index is 5.17. The Kier molecular flexibility index (Phi) is 3.39. The van der Waals surface area contributed by atoms with Crippen molar-refractivity contribution in [3.63, 3.8) is 0 Å². The number of hydrazone groups is 1. The summed E-state index contributed by atoms with van der Waals surface area (Å²) >= 11 is 0. The van der Waals surface area contributed by atoms with Crippen molar-refractivity contribution in [2.24, 2.45) is 5.10 Å². The number of nitrogens with one attached hydrogen (secondary N) is 1. The molecule has 29 heavy (non-hydrogen) atoms. The molecule has 0 spiro atoms. The van der Waals surface area contributed by atoms with Gasteiger partial charge >= 0.3 is 0 Å². The van der Waals surface area contributed by atoms with Crippen molar-refractivity contribution in [1.82, 2.24) is 9.88 Å². The fourth-order valence-electron chi connectivity index (χ4n) is 4.90. The van der Waals surface area contributed by atoms with E-state index < -0.39 is 5.66 Å². The van der Waals surface area contributed by atoms with Gasteiger partial charge in [-0.15, -0.1) is 0 Å². The predicted molar refractivity (Wildman–Crippen MR) is 118 cm³/mol. The Morgan fingerprint density at radius 2 is 1.55 bits per heavy atom. The number of rotatable bonds is 2. The van der Waals surface area contributed by atoms with Gasteiger partial charge in [0.2, 0.25) is 0 Å². The zero-order valence-electron chi connectivity index (χ0n) is 16.3. The molecular formula is C25H22N4. The Bertz CT molecular complexity index is 1230. The Balaban J connectivity index is 1.60. The molecule has 2 aliphatic heterocycles. The number of benzene rings is 3. The summed E-state index contributed by atoms with van der Waals surface area (Å²) in [6.45, 7) is 3.22. The summed E-state index contributed by atoms with van der Waals surface area (Å²) in [5.74, 6) is 1.03. The maximum atomic E-state index is 5.17. The molecule has 1 N–H and O–H groups in total. The Hall–Kier alpha value is -3.53. The van der Waals surface area contributed by atoms with Gasteiger partial charge in [0, 0.05) is 23.0 Å². The second kappa shape index (κ2) is 5.98. The highest BCUT2D eigenvalue weighted by molar-refractivity contribution is 6.02. The summed E-state index contributed by atoms with van der Waals surface area (Å²) < 4.78 is 0. The number of fused-ring (bicyclic) bond motifs is 5. The molecule has 0 bridgehead atoms. The molecule has 2 aliphatic rings. The number of hydrogen-bond acceptors (Lipinski definition) is 3. The van der Waals surface area contributed by atoms with E-state index in [4.69, 9.17) is 5.10 Å². The Morgan fingerprint density at radius 3 is 2.34 bits per heavy atom. The van der Waals surface area contributed by atoms with E-state index in [1.54, 1.807) is 0 Å². The summed E-state index contributed by atoms with van der Waals surface area (Å²) in [4.78, 5) is 6.19. The van der Waals surface area contributed by atoms with Crippen LogP contribution in [0.25, 0.3) is 10.9 Å². The van der Waals surface area contributed by atoms with Crippen LogP contribution >= 0.6 is 0 Å². The van der Waals surface area contributed by atoms with Crippen LogP contribution in [0, 0.1) is 0 Å². The van der Waals surface area contributed by atoms with E-state index in [2.05, 4.69) is 107 Å². The lowest BCUT2D eigenvalue weighted by molar-refractivity contribution is 0.192. The van der Waals surface area contributed by atoms with Crippen LogP contribution in [0.15, 0.2) is 90.0 Å². The molecule has 3 heterocycles. The number of amidine groups is 1. The average molecular weight is 378 g/mol. The van der Waals surface area contributed by atoms with E-state index >= 15 is 0 Å². The number of para-hydroxylation sites is 2. The molecule has 0 fully saturated rings. The quantitative estimate of drug-likeness (QED) is 0.528. The van der Waals surface area contributed by atoms with Gasteiger partial charge in [-0.1, -0.05) is 66.7 Å². The molecule has 4 heteroatoms. The fraction of sp³-hybridized carbons (Fsp3) is 0.160. The highest BCUT2D eigenvalue weighted by Crippen LogP contribution is 2.47. The van der Waals surface area contributed by atoms with E-state index in [0.717, 1.165) is 30.1 Å². The largest absolute Gasteiger partial charge is 0.355 e. The smallest absolute Gasteiger partial charge is 0.174 e. The number of aromatic nitrogens is 1. The summed E-state index contributed by atoms with van der Waals surface area (Å²) in [5, 5.41) is 8.68. The Labute approximate surface area is 170 Å². The molecule has 0 saturated carbocycles. The third kappa shape index (κ3) is 2.23. The number of aromatic amines is 1. The molecule has 3 aromatic carbocycles. The van der Waals surface area contributed by atoms with E-state index in [-0.39, 0.29) is 0 Å². The highest BCUT2D eigenvalue weighted by atomic mass is 15.7. The number of hydrogen-bond donors (Lipinski definition) is 1. The topological polar surface area (TPSA) is 34.6 Å². The number of anilines is 1. The zero-order valence-corrected chi connectivity index (χ0v) is 16.3. The highest BCUT2D eigenvalue weighted by Gasteiger charge is 2.51. The summed E-state index contributed by atoms with van der Waals surface area (Å²) in [7, 11) is 0. The van der Waals surface area contributed by atoms with Gasteiger partial charge in [-0.05, 0) is 37.1 Å². The minimum absolute atomic E-state index is 0.404. The van der Waals surface area contributed by atoms with Gasteiger partial charge in [0.05, 0.1) is 11.4 Å². The predicted octanol–water partition coefficient (Wildman–Crippen LogP) is 5.08. The van der Waals surface area contributed by atoms with Gasteiger partial charge in [0.15, 0.2) is 11.5 Å². The van der Waals surface area contributed by atoms with Crippen LogP contribution < -0.4 is 5.01 Å². The third-order valence-electron chi connectivity index (χ3n) is 6.29. The first-order valence-corrected chi connectivity index (χ1v) is 10.1. The van der Waals surface area contributed by atoms with Gasteiger partial charge in [-0.3, -0.25) is 0 Å². The lowest BCUT2D eigenvalue weighted by Crippen LogP contribution is -2.54. The summed E-state index contributed by atoms with van der Waals surface area (Å²) in [6.07, 6.45) is 1.00. The van der Waals surface area contributed by atoms with Crippen molar-refractivity contribution in [2.75, 3.05) is 11.6 Å². The van der Waals surface area contributed by atoms with Gasteiger partial charge < -0.3 is 9.88 Å². The molecule has 0 saturated heterocycles. The second-order valence-corrected chi connectivity index (χ2v) is 7.88. The fourth-order valence-corrected chi connectivity index (χ4v) is 4.90. The first-order valence-electron chi connectivity index (χ1n) is 10.1. The lowest BCUT2D eigenvalue weighted by Gasteiger charge is -2.45. The van der Waals surface area contributed by atoms with Crippen molar-refractivity contribution in [3.05, 3.63) is 102 Å². The SMILES string of the molecule is CC12c3[nH]c4ccccc4c3CCN1C(c1ccccc1)=NN2c1ccccc1. The molecule has 1 aromatic heterocycles. The van der Waals surface area contributed by atoms with Gasteiger partial charge in [0.1, 0.15) is 0 Å². The van der Waals surface area contributed by atoms with Gasteiger partial charge in [-0.2, -0.15) is 5.10 Å². The minimum Gasteiger partial charge on any atom is -0.355 e. The molecule has 1 atom stereocenters. The van der Waals surface area contributed by atoms with Crippen LogP contribution in [0.2, 0.25) is 0 Å². The van der Waals surface area contributed by atoms with Crippen molar-refractivity contribution >= 4 is 22.4 Å². The van der Waals surface area contributed by atoms with Crippen molar-refractivity contribution in [1.29, 1.82) is 0 Å². The zero-order chi connectivity index (χ0) is 19.4. The van der Waals surface area contributed by atoms with E-state index in [9.17, 15) is 0 Å². The number of H-pyrrole nitrogens is 1. The third-order valence-corrected chi connectivity index (χ3v) is 6.29. The van der Waals surface area contributed by atoms with E-state index in [0.29, 0.717) is 0 Å². The molecule has 1 unspecified atom stereocenters. The van der Waals surface area contributed by atoms with Crippen LogP contribution in [0.4, 0.5) is 5.69 Å². The normalized spacial score (nSPS) is 20.5. The van der Waals surface area contributed by atoms with Crippen molar-refractivity contribution < 1.29 is 0 Å². The Morgan fingerprint density at radius 1 is 0.862 bits per heavy atom. The van der Waals surface area contributed by atoms with Crippen LogP contribution in [-0.2, 0) is 12.1 Å². The molecule has 142 valence electrons. The average Bonchev–Trinajstić information content (AvgIpc) is 3.31. The van der Waals surface area contributed by atoms with Gasteiger partial charge in [0.25, 0.3) is 0 Å². The lowest BCUT2D eigenvalue weighted by atomic mass is 9.92.